The van der Waals surface area contributed by atoms with Gasteiger partial charge in [0.25, 0.3) is 5.91 Å². The molecule has 10 nitrogen and oxygen atoms in total. The third-order valence-electron chi connectivity index (χ3n) is 9.88. The molecule has 244 valence electrons. The van der Waals surface area contributed by atoms with Gasteiger partial charge in [-0.2, -0.15) is 0 Å². The Morgan fingerprint density at radius 1 is 1.06 bits per heavy atom. The first-order chi connectivity index (χ1) is 23.4. The molecule has 48 heavy (non-hydrogen) atoms. The molecule has 1 amide bonds. The number of pyridine rings is 2. The molecule has 6 heterocycles. The van der Waals surface area contributed by atoms with E-state index in [0.717, 1.165) is 95.5 Å². The summed E-state index contributed by atoms with van der Waals surface area (Å²) < 4.78 is 0. The van der Waals surface area contributed by atoms with E-state index in [2.05, 4.69) is 40.7 Å². The van der Waals surface area contributed by atoms with Crippen LogP contribution < -0.4 is 15.5 Å². The van der Waals surface area contributed by atoms with Gasteiger partial charge in [-0.25, -0.2) is 9.97 Å². The molecule has 1 saturated heterocycles. The number of rotatable bonds is 7. The third kappa shape index (κ3) is 5.61. The van der Waals surface area contributed by atoms with E-state index in [4.69, 9.17) is 9.97 Å². The highest BCUT2D eigenvalue weighted by Crippen LogP contribution is 2.40. The molecule has 0 unspecified atom stereocenters. The number of likely N-dealkylation sites (tertiary alicyclic amines) is 1. The highest BCUT2D eigenvalue weighted by atomic mass is 32.1. The molecule has 3 aliphatic rings. The number of anilines is 3. The molecule has 3 aliphatic heterocycles. The molecule has 0 saturated carbocycles. The summed E-state index contributed by atoms with van der Waals surface area (Å²) in [5, 5.41) is 18.2. The summed E-state index contributed by atoms with van der Waals surface area (Å²) in [5.41, 5.74) is 9.17. The molecule has 3 N–H and O–H groups in total. The molecular formula is C37H37N7O3S. The quantitative estimate of drug-likeness (QED) is 0.190. The highest BCUT2D eigenvalue weighted by molar-refractivity contribution is 7.13. The largest absolute Gasteiger partial charge is 0.480 e. The number of hydrogen-bond donors (Lipinski definition) is 3. The lowest BCUT2D eigenvalue weighted by Gasteiger charge is -2.32. The van der Waals surface area contributed by atoms with Crippen molar-refractivity contribution in [3.8, 4) is 11.1 Å². The number of hydrogen-bond acceptors (Lipinski definition) is 9. The summed E-state index contributed by atoms with van der Waals surface area (Å²) in [6, 6.07) is 16.0. The van der Waals surface area contributed by atoms with E-state index in [1.807, 2.05) is 46.3 Å². The molecule has 0 bridgehead atoms. The number of fused-ring (bicyclic) bond motifs is 3. The van der Waals surface area contributed by atoms with Crippen molar-refractivity contribution in [3.63, 3.8) is 0 Å². The van der Waals surface area contributed by atoms with Gasteiger partial charge in [0.2, 0.25) is 0 Å². The number of carboxylic acid groups (broad SMARTS) is 1. The summed E-state index contributed by atoms with van der Waals surface area (Å²) in [6.45, 7) is 5.75. The second kappa shape index (κ2) is 12.7. The van der Waals surface area contributed by atoms with Crippen LogP contribution in [0.3, 0.4) is 0 Å². The van der Waals surface area contributed by atoms with E-state index in [-0.39, 0.29) is 5.91 Å². The van der Waals surface area contributed by atoms with Crippen molar-refractivity contribution in [2.45, 2.75) is 58.2 Å². The van der Waals surface area contributed by atoms with Crippen molar-refractivity contribution in [3.05, 3.63) is 93.2 Å². The van der Waals surface area contributed by atoms with Gasteiger partial charge in [0.05, 0.1) is 5.69 Å². The van der Waals surface area contributed by atoms with E-state index in [1.54, 1.807) is 6.20 Å². The maximum Gasteiger partial charge on any atom is 0.320 e. The van der Waals surface area contributed by atoms with E-state index < -0.39 is 12.0 Å². The number of aromatic nitrogens is 3. The van der Waals surface area contributed by atoms with Gasteiger partial charge in [-0.3, -0.25) is 19.5 Å². The van der Waals surface area contributed by atoms with Crippen molar-refractivity contribution in [2.24, 2.45) is 0 Å². The summed E-state index contributed by atoms with van der Waals surface area (Å²) in [4.78, 5) is 44.8. The lowest BCUT2D eigenvalue weighted by Crippen LogP contribution is -2.44. The van der Waals surface area contributed by atoms with Gasteiger partial charge >= 0.3 is 5.97 Å². The van der Waals surface area contributed by atoms with Crippen LogP contribution in [0.4, 0.5) is 17.2 Å². The van der Waals surface area contributed by atoms with Gasteiger partial charge in [-0.15, -0.1) is 11.3 Å². The summed E-state index contributed by atoms with van der Waals surface area (Å²) >= 11 is 1.51. The normalized spacial score (nSPS) is 17.7. The molecule has 0 aliphatic carbocycles. The highest BCUT2D eigenvalue weighted by Gasteiger charge is 2.31. The fourth-order valence-corrected chi connectivity index (χ4v) is 8.42. The van der Waals surface area contributed by atoms with Gasteiger partial charge < -0.3 is 20.6 Å². The molecule has 1 atom stereocenters. The van der Waals surface area contributed by atoms with Crippen LogP contribution in [-0.2, 0) is 30.7 Å². The molecule has 5 aromatic rings. The van der Waals surface area contributed by atoms with Crippen molar-refractivity contribution in [1.82, 2.24) is 25.2 Å². The number of amides is 1. The standard InChI is InChI=1S/C37H37N7O3S/c1-22-25(26-7-5-10-30-27(26)13-17-44(30)36(45)35-42-29-12-14-38-20-32(29)48-35)6-4-8-28(22)41-34-33-24(11-15-39-34)18-23(19-40-33)21-43-16-3-2-9-31(43)37(46)47/h4-8,10-11,15,18-19,31,38H,2-3,9,12-14,16-17,20-21H2,1H3,(H,39,41)(H,46,47)/t31-/m0/s1. The number of nitrogens with one attached hydrogen (secondary N) is 2. The van der Waals surface area contributed by atoms with Crippen LogP contribution in [0.2, 0.25) is 0 Å². The Labute approximate surface area is 282 Å². The van der Waals surface area contributed by atoms with Crippen molar-refractivity contribution < 1.29 is 14.7 Å². The maximum atomic E-state index is 13.7. The van der Waals surface area contributed by atoms with E-state index >= 15 is 0 Å². The number of piperidine rings is 1. The summed E-state index contributed by atoms with van der Waals surface area (Å²) in [7, 11) is 0. The summed E-state index contributed by atoms with van der Waals surface area (Å²) in [5.74, 6) is -0.112. The Bertz CT molecular complexity index is 2040. The van der Waals surface area contributed by atoms with Crippen LogP contribution in [-0.4, -0.2) is 62.5 Å². The Kier molecular flexibility index (Phi) is 8.11. The fourth-order valence-electron chi connectivity index (χ4n) is 7.40. The average molecular weight is 660 g/mol. The van der Waals surface area contributed by atoms with Crippen LogP contribution in [0.5, 0.6) is 0 Å². The molecule has 0 radical (unpaired) electrons. The number of carboxylic acids is 1. The Morgan fingerprint density at radius 2 is 1.94 bits per heavy atom. The van der Waals surface area contributed by atoms with E-state index in [1.165, 1.54) is 21.8 Å². The number of nitrogens with zero attached hydrogens (tertiary/aromatic N) is 5. The average Bonchev–Trinajstić information content (AvgIpc) is 3.74. The first kappa shape index (κ1) is 30.6. The predicted molar refractivity (Wildman–Crippen MR) is 188 cm³/mol. The zero-order valence-electron chi connectivity index (χ0n) is 26.8. The molecule has 2 aromatic carbocycles. The lowest BCUT2D eigenvalue weighted by molar-refractivity contribution is -0.144. The van der Waals surface area contributed by atoms with Gasteiger partial charge in [-0.1, -0.05) is 30.7 Å². The summed E-state index contributed by atoms with van der Waals surface area (Å²) in [6.07, 6.45) is 7.90. The number of benzene rings is 2. The molecular weight excluding hydrogens is 623 g/mol. The van der Waals surface area contributed by atoms with E-state index in [9.17, 15) is 14.7 Å². The third-order valence-corrected chi connectivity index (χ3v) is 11.0. The fraction of sp³-hybridized carbons (Fsp3) is 0.324. The first-order valence-electron chi connectivity index (χ1n) is 16.6. The van der Waals surface area contributed by atoms with Gasteiger partial charge in [0, 0.05) is 66.6 Å². The number of aliphatic carboxylic acids is 1. The van der Waals surface area contributed by atoms with E-state index in [0.29, 0.717) is 30.3 Å². The Hall–Kier alpha value is -4.71. The molecule has 8 rings (SSSR count). The lowest BCUT2D eigenvalue weighted by atomic mass is 9.93. The predicted octanol–water partition coefficient (Wildman–Crippen LogP) is 6.09. The van der Waals surface area contributed by atoms with Crippen LogP contribution in [0.15, 0.2) is 60.9 Å². The van der Waals surface area contributed by atoms with Crippen molar-refractivity contribution >= 4 is 51.3 Å². The topological polar surface area (TPSA) is 124 Å². The number of carbonyl (C=O) groups is 2. The van der Waals surface area contributed by atoms with Crippen LogP contribution in [0.25, 0.3) is 22.0 Å². The molecule has 0 spiro atoms. The van der Waals surface area contributed by atoms with Gasteiger partial charge in [0.15, 0.2) is 10.8 Å². The van der Waals surface area contributed by atoms with Gasteiger partial charge in [0.1, 0.15) is 11.6 Å². The minimum Gasteiger partial charge on any atom is -0.480 e. The molecule has 1 fully saturated rings. The van der Waals surface area contributed by atoms with Crippen LogP contribution in [0.1, 0.15) is 56.3 Å². The minimum absolute atomic E-state index is 0.0206. The first-order valence-corrected chi connectivity index (χ1v) is 17.5. The monoisotopic (exact) mass is 659 g/mol. The molecule has 11 heteroatoms. The second-order valence-electron chi connectivity index (χ2n) is 12.8. The zero-order valence-corrected chi connectivity index (χ0v) is 27.6. The van der Waals surface area contributed by atoms with Crippen LogP contribution >= 0.6 is 11.3 Å². The molecule has 3 aromatic heterocycles. The maximum absolute atomic E-state index is 13.7. The Balaban J connectivity index is 1.05. The second-order valence-corrected chi connectivity index (χ2v) is 13.9. The van der Waals surface area contributed by atoms with Gasteiger partial charge in [-0.05, 0) is 84.8 Å². The number of thiazole rings is 1. The van der Waals surface area contributed by atoms with Crippen molar-refractivity contribution in [1.29, 1.82) is 0 Å². The minimum atomic E-state index is -0.755. The van der Waals surface area contributed by atoms with Crippen molar-refractivity contribution in [2.75, 3.05) is 29.9 Å². The number of carbonyl (C=O) groups excluding carboxylic acids is 1. The smallest absolute Gasteiger partial charge is 0.320 e. The zero-order chi connectivity index (χ0) is 32.8. The van der Waals surface area contributed by atoms with Crippen LogP contribution in [0, 0.1) is 6.92 Å². The Morgan fingerprint density at radius 3 is 2.81 bits per heavy atom. The SMILES string of the molecule is Cc1c(Nc2nccc3cc(CN4CCCC[C@H]4C(=O)O)cnc23)cccc1-c1cccc2c1CCN2C(=O)c1nc2c(s1)CNCC2.